The highest BCUT2D eigenvalue weighted by Crippen LogP contribution is 2.34. The monoisotopic (exact) mass is 408 g/mol. The number of nitrogens with zero attached hydrogens (tertiary/aromatic N) is 6. The highest BCUT2D eigenvalue weighted by Gasteiger charge is 2.26. The average molecular weight is 409 g/mol. The summed E-state index contributed by atoms with van der Waals surface area (Å²) in [6.07, 6.45) is 8.10. The van der Waals surface area contributed by atoms with Gasteiger partial charge in [0.1, 0.15) is 5.82 Å². The number of halogens is 1. The van der Waals surface area contributed by atoms with Crippen LogP contribution < -0.4 is 4.90 Å². The predicted molar refractivity (Wildman–Crippen MR) is 117 cm³/mol. The molecule has 1 aliphatic rings. The van der Waals surface area contributed by atoms with Crippen molar-refractivity contribution in [2.75, 3.05) is 32.1 Å². The van der Waals surface area contributed by atoms with Crippen LogP contribution in [-0.2, 0) is 13.1 Å². The molecule has 0 aliphatic carbocycles. The summed E-state index contributed by atoms with van der Waals surface area (Å²) in [6, 6.07) is 6.71. The molecule has 7 heteroatoms. The lowest BCUT2D eigenvalue weighted by molar-refractivity contribution is 0.198. The molecule has 1 saturated heterocycles. The Morgan fingerprint density at radius 1 is 1.23 bits per heavy atom. The van der Waals surface area contributed by atoms with Crippen LogP contribution in [0.25, 0.3) is 11.1 Å². The third-order valence-corrected chi connectivity index (χ3v) is 5.65. The third-order valence-electron chi connectivity index (χ3n) is 5.65. The number of likely N-dealkylation sites (tertiary alicyclic amines) is 1. The molecule has 1 aliphatic heterocycles. The summed E-state index contributed by atoms with van der Waals surface area (Å²) in [4.78, 5) is 13.8. The minimum absolute atomic E-state index is 0.242. The SMILES string of the molecule is CCn1cc(CN2CCC[C@@H](c3nc(N(C)C)ncc3-c3cccc(F)c3)C2)cn1. The molecule has 1 fully saturated rings. The molecule has 1 aromatic carbocycles. The van der Waals surface area contributed by atoms with E-state index in [9.17, 15) is 4.39 Å². The second-order valence-corrected chi connectivity index (χ2v) is 8.15. The Morgan fingerprint density at radius 2 is 2.10 bits per heavy atom. The van der Waals surface area contributed by atoms with Gasteiger partial charge in [0, 0.05) is 63.2 Å². The number of piperidine rings is 1. The zero-order chi connectivity index (χ0) is 21.1. The molecule has 1 atom stereocenters. The van der Waals surface area contributed by atoms with E-state index >= 15 is 0 Å². The number of hydrogen-bond acceptors (Lipinski definition) is 5. The van der Waals surface area contributed by atoms with Crippen molar-refractivity contribution in [2.45, 2.75) is 38.8 Å². The maximum atomic E-state index is 13.9. The Labute approximate surface area is 177 Å². The smallest absolute Gasteiger partial charge is 0.225 e. The molecule has 30 heavy (non-hydrogen) atoms. The highest BCUT2D eigenvalue weighted by atomic mass is 19.1. The number of aryl methyl sites for hydroxylation is 1. The second-order valence-electron chi connectivity index (χ2n) is 8.15. The van der Waals surface area contributed by atoms with Crippen LogP contribution in [0, 0.1) is 5.82 Å². The largest absolute Gasteiger partial charge is 0.347 e. The van der Waals surface area contributed by atoms with Crippen LogP contribution in [0.3, 0.4) is 0 Å². The van der Waals surface area contributed by atoms with Crippen LogP contribution in [0.15, 0.2) is 42.9 Å². The van der Waals surface area contributed by atoms with Gasteiger partial charge in [-0.2, -0.15) is 5.10 Å². The molecule has 0 saturated carbocycles. The van der Waals surface area contributed by atoms with Gasteiger partial charge in [0.25, 0.3) is 0 Å². The average Bonchev–Trinajstić information content (AvgIpc) is 3.21. The lowest BCUT2D eigenvalue weighted by Crippen LogP contribution is -2.34. The summed E-state index contributed by atoms with van der Waals surface area (Å²) in [5, 5.41) is 4.40. The van der Waals surface area contributed by atoms with E-state index in [1.54, 1.807) is 12.1 Å². The van der Waals surface area contributed by atoms with Gasteiger partial charge in [0.05, 0.1) is 11.9 Å². The molecule has 2 aromatic heterocycles. The zero-order valence-corrected chi connectivity index (χ0v) is 17.9. The summed E-state index contributed by atoms with van der Waals surface area (Å²) < 4.78 is 15.9. The molecule has 0 unspecified atom stereocenters. The van der Waals surface area contributed by atoms with Crippen LogP contribution in [0.4, 0.5) is 10.3 Å². The maximum absolute atomic E-state index is 13.9. The van der Waals surface area contributed by atoms with E-state index in [0.717, 1.165) is 55.8 Å². The van der Waals surface area contributed by atoms with E-state index in [4.69, 9.17) is 4.98 Å². The Balaban J connectivity index is 1.62. The van der Waals surface area contributed by atoms with Crippen LogP contribution in [0.1, 0.15) is 36.9 Å². The summed E-state index contributed by atoms with van der Waals surface area (Å²) in [5.74, 6) is 0.722. The molecule has 4 rings (SSSR count). The van der Waals surface area contributed by atoms with Gasteiger partial charge in [-0.3, -0.25) is 9.58 Å². The molecule has 0 radical (unpaired) electrons. The quantitative estimate of drug-likeness (QED) is 0.618. The molecule has 6 nitrogen and oxygen atoms in total. The van der Waals surface area contributed by atoms with Crippen molar-refractivity contribution in [2.24, 2.45) is 0 Å². The van der Waals surface area contributed by atoms with Crippen LogP contribution in [0.5, 0.6) is 0 Å². The molecule has 158 valence electrons. The molecule has 0 bridgehead atoms. The first-order valence-corrected chi connectivity index (χ1v) is 10.6. The van der Waals surface area contributed by atoms with Gasteiger partial charge in [-0.15, -0.1) is 0 Å². The first-order valence-electron chi connectivity index (χ1n) is 10.6. The minimum atomic E-state index is -0.242. The summed E-state index contributed by atoms with van der Waals surface area (Å²) in [7, 11) is 3.89. The number of anilines is 1. The maximum Gasteiger partial charge on any atom is 0.225 e. The minimum Gasteiger partial charge on any atom is -0.347 e. The van der Waals surface area contributed by atoms with Crippen molar-refractivity contribution in [1.82, 2.24) is 24.6 Å². The fraction of sp³-hybridized carbons (Fsp3) is 0.435. The first-order chi connectivity index (χ1) is 14.5. The van der Waals surface area contributed by atoms with Crippen LogP contribution >= 0.6 is 0 Å². The standard InChI is InChI=1S/C23H29FN6/c1-4-30-15-17(12-26-30)14-29-10-6-8-19(16-29)22-21(13-25-23(27-22)28(2)3)18-7-5-9-20(24)11-18/h5,7,9,11-13,15,19H,4,6,8,10,14,16H2,1-3H3/t19-/m1/s1. The van der Waals surface area contributed by atoms with Crippen molar-refractivity contribution in [3.63, 3.8) is 0 Å². The molecule has 0 N–H and O–H groups in total. The van der Waals surface area contributed by atoms with Gasteiger partial charge in [-0.1, -0.05) is 12.1 Å². The van der Waals surface area contributed by atoms with E-state index in [0.29, 0.717) is 5.95 Å². The lowest BCUT2D eigenvalue weighted by Gasteiger charge is -2.33. The number of benzene rings is 1. The molecule has 3 heterocycles. The Kier molecular flexibility index (Phi) is 6.08. The van der Waals surface area contributed by atoms with Crippen molar-refractivity contribution in [1.29, 1.82) is 0 Å². The van der Waals surface area contributed by atoms with Gasteiger partial charge < -0.3 is 4.90 Å². The van der Waals surface area contributed by atoms with Gasteiger partial charge in [0.2, 0.25) is 5.95 Å². The van der Waals surface area contributed by atoms with Crippen molar-refractivity contribution in [3.05, 3.63) is 59.9 Å². The third kappa shape index (κ3) is 4.51. The normalized spacial score (nSPS) is 17.3. The Hall–Kier alpha value is -2.80. The predicted octanol–water partition coefficient (Wildman–Crippen LogP) is 3.94. The van der Waals surface area contributed by atoms with Gasteiger partial charge >= 0.3 is 0 Å². The first kappa shape index (κ1) is 20.5. The van der Waals surface area contributed by atoms with E-state index < -0.39 is 0 Å². The number of hydrogen-bond donors (Lipinski definition) is 0. The van der Waals surface area contributed by atoms with Gasteiger partial charge in [0.15, 0.2) is 0 Å². The highest BCUT2D eigenvalue weighted by molar-refractivity contribution is 5.66. The van der Waals surface area contributed by atoms with E-state index in [1.807, 2.05) is 42.1 Å². The van der Waals surface area contributed by atoms with Crippen LogP contribution in [-0.4, -0.2) is 51.8 Å². The topological polar surface area (TPSA) is 50.1 Å². The number of rotatable bonds is 6. The fourth-order valence-corrected chi connectivity index (χ4v) is 4.13. The lowest BCUT2D eigenvalue weighted by atomic mass is 9.89. The molecule has 0 amide bonds. The Bertz CT molecular complexity index is 999. The van der Waals surface area contributed by atoms with Crippen molar-refractivity contribution >= 4 is 5.95 Å². The summed E-state index contributed by atoms with van der Waals surface area (Å²) >= 11 is 0. The van der Waals surface area contributed by atoms with Gasteiger partial charge in [-0.25, -0.2) is 14.4 Å². The molecular formula is C23H29FN6. The summed E-state index contributed by atoms with van der Waals surface area (Å²) in [6.45, 7) is 5.85. The Morgan fingerprint density at radius 3 is 2.83 bits per heavy atom. The zero-order valence-electron chi connectivity index (χ0n) is 17.9. The van der Waals surface area contributed by atoms with Gasteiger partial charge in [-0.05, 0) is 44.0 Å². The molecule has 0 spiro atoms. The van der Waals surface area contributed by atoms with Crippen molar-refractivity contribution < 1.29 is 4.39 Å². The fourth-order valence-electron chi connectivity index (χ4n) is 4.13. The van der Waals surface area contributed by atoms with E-state index in [2.05, 4.69) is 28.1 Å². The van der Waals surface area contributed by atoms with Crippen molar-refractivity contribution in [3.8, 4) is 11.1 Å². The molecular weight excluding hydrogens is 379 g/mol. The summed E-state index contributed by atoms with van der Waals surface area (Å²) in [5.41, 5.74) is 4.00. The molecule has 3 aromatic rings. The number of aromatic nitrogens is 4. The van der Waals surface area contributed by atoms with Crippen LogP contribution in [0.2, 0.25) is 0 Å². The van der Waals surface area contributed by atoms with E-state index in [-0.39, 0.29) is 11.7 Å². The second kappa shape index (κ2) is 8.92. The van der Waals surface area contributed by atoms with E-state index in [1.165, 1.54) is 11.6 Å².